The molecule has 8 heteroatoms. The highest BCUT2D eigenvalue weighted by Crippen LogP contribution is 2.24. The Kier molecular flexibility index (Phi) is 6.13. The molecule has 0 saturated heterocycles. The first-order valence-electron chi connectivity index (χ1n) is 6.26. The summed E-state index contributed by atoms with van der Waals surface area (Å²) in [5.41, 5.74) is 0.784. The first kappa shape index (κ1) is 17.4. The zero-order valence-electron chi connectivity index (χ0n) is 12.1. The van der Waals surface area contributed by atoms with Gasteiger partial charge in [-0.3, -0.25) is 0 Å². The van der Waals surface area contributed by atoms with E-state index in [1.807, 2.05) is 0 Å². The second-order valence-electron chi connectivity index (χ2n) is 4.40. The van der Waals surface area contributed by atoms with Crippen molar-refractivity contribution in [2.24, 2.45) is 0 Å². The number of sulfonamides is 1. The third-order valence-electron chi connectivity index (χ3n) is 2.72. The van der Waals surface area contributed by atoms with Gasteiger partial charge in [0.05, 0.1) is 13.7 Å². The summed E-state index contributed by atoms with van der Waals surface area (Å²) in [5, 5.41) is 8.64. The first-order chi connectivity index (χ1) is 9.77. The minimum atomic E-state index is -3.75. The van der Waals surface area contributed by atoms with Crippen molar-refractivity contribution in [3.05, 3.63) is 23.8 Å². The lowest BCUT2D eigenvalue weighted by atomic mass is 10.2. The van der Waals surface area contributed by atoms with Crippen molar-refractivity contribution in [1.82, 2.24) is 4.72 Å². The highest BCUT2D eigenvalue weighted by atomic mass is 32.2. The minimum absolute atomic E-state index is 0.0307. The molecule has 1 unspecified atom stereocenters. The maximum Gasteiger partial charge on any atom is 0.332 e. The number of carbonyl (C=O) groups is 1. The first-order valence-corrected chi connectivity index (χ1v) is 7.75. The van der Waals surface area contributed by atoms with Crippen molar-refractivity contribution in [3.8, 4) is 5.75 Å². The zero-order chi connectivity index (χ0) is 16.0. The Morgan fingerprint density at radius 3 is 2.67 bits per heavy atom. The maximum absolute atomic E-state index is 12.2. The van der Waals surface area contributed by atoms with Crippen LogP contribution in [0.5, 0.6) is 5.75 Å². The lowest BCUT2D eigenvalue weighted by molar-refractivity contribution is -0.148. The topological polar surface area (TPSA) is 102 Å². The number of hydrogen-bond donors (Lipinski definition) is 2. The van der Waals surface area contributed by atoms with Gasteiger partial charge in [-0.05, 0) is 31.5 Å². The molecule has 0 spiro atoms. The molecule has 0 aromatic heterocycles. The largest absolute Gasteiger partial charge is 0.495 e. The van der Waals surface area contributed by atoms with Crippen LogP contribution in [0.4, 0.5) is 0 Å². The number of hydrogen-bond acceptors (Lipinski definition) is 5. The van der Waals surface area contributed by atoms with Crippen LogP contribution in [0.2, 0.25) is 0 Å². The van der Waals surface area contributed by atoms with Gasteiger partial charge in [-0.2, -0.15) is 0 Å². The number of carboxylic acid groups (broad SMARTS) is 1. The van der Waals surface area contributed by atoms with Gasteiger partial charge in [-0.15, -0.1) is 0 Å². The van der Waals surface area contributed by atoms with Gasteiger partial charge in [0.1, 0.15) is 10.6 Å². The third kappa shape index (κ3) is 5.00. The molecule has 0 aliphatic heterocycles. The Morgan fingerprint density at radius 2 is 2.10 bits per heavy atom. The van der Waals surface area contributed by atoms with Gasteiger partial charge >= 0.3 is 5.97 Å². The molecule has 0 aliphatic rings. The highest BCUT2D eigenvalue weighted by Gasteiger charge is 2.19. The van der Waals surface area contributed by atoms with E-state index in [1.54, 1.807) is 19.1 Å². The quantitative estimate of drug-likeness (QED) is 0.687. The Morgan fingerprint density at radius 1 is 1.43 bits per heavy atom. The number of nitrogens with one attached hydrogen (secondary N) is 1. The molecule has 0 bridgehead atoms. The lowest BCUT2D eigenvalue weighted by Crippen LogP contribution is -2.30. The van der Waals surface area contributed by atoms with Gasteiger partial charge in [0.2, 0.25) is 10.0 Å². The number of benzene rings is 1. The van der Waals surface area contributed by atoms with E-state index in [0.29, 0.717) is 0 Å². The van der Waals surface area contributed by atoms with E-state index in [4.69, 9.17) is 14.6 Å². The molecule has 0 radical (unpaired) electrons. The van der Waals surface area contributed by atoms with E-state index >= 15 is 0 Å². The van der Waals surface area contributed by atoms with Crippen LogP contribution in [-0.2, 0) is 19.6 Å². The van der Waals surface area contributed by atoms with E-state index in [0.717, 1.165) is 5.56 Å². The summed E-state index contributed by atoms with van der Waals surface area (Å²) in [7, 11) is -2.36. The number of rotatable bonds is 8. The molecular formula is C13H19NO6S. The van der Waals surface area contributed by atoms with Gasteiger partial charge in [0, 0.05) is 6.54 Å². The summed E-state index contributed by atoms with van der Waals surface area (Å²) in [4.78, 5) is 10.6. The number of ether oxygens (including phenoxy) is 2. The predicted octanol–water partition coefficient (Wildman–Crippen LogP) is 0.772. The van der Waals surface area contributed by atoms with Crippen LogP contribution in [0.15, 0.2) is 23.1 Å². The van der Waals surface area contributed by atoms with Crippen molar-refractivity contribution in [2.45, 2.75) is 24.8 Å². The van der Waals surface area contributed by atoms with E-state index < -0.39 is 22.1 Å². The summed E-state index contributed by atoms with van der Waals surface area (Å²) < 4.78 is 36.7. The standard InChI is InChI=1S/C13H19NO6S/c1-9-4-5-11(19-3)12(8-9)21(17,18)14-6-7-20-10(2)13(15)16/h4-5,8,10,14H,6-7H2,1-3H3,(H,15,16). The van der Waals surface area contributed by atoms with Crippen LogP contribution in [0.3, 0.4) is 0 Å². The molecule has 1 rings (SSSR count). The monoisotopic (exact) mass is 317 g/mol. The summed E-state index contributed by atoms with van der Waals surface area (Å²) in [6.45, 7) is 3.08. The molecule has 118 valence electrons. The van der Waals surface area contributed by atoms with Crippen LogP contribution in [0, 0.1) is 6.92 Å². The average Bonchev–Trinajstić information content (AvgIpc) is 2.43. The highest BCUT2D eigenvalue weighted by molar-refractivity contribution is 7.89. The summed E-state index contributed by atoms with van der Waals surface area (Å²) in [6, 6.07) is 4.82. The Labute approximate surface area is 123 Å². The zero-order valence-corrected chi connectivity index (χ0v) is 12.9. The van der Waals surface area contributed by atoms with Gasteiger partial charge in [-0.25, -0.2) is 17.9 Å². The third-order valence-corrected chi connectivity index (χ3v) is 4.20. The molecule has 0 aliphatic carbocycles. The number of aryl methyl sites for hydroxylation is 1. The normalized spacial score (nSPS) is 12.9. The molecule has 1 atom stereocenters. The van der Waals surface area contributed by atoms with Crippen molar-refractivity contribution < 1.29 is 27.8 Å². The fourth-order valence-electron chi connectivity index (χ4n) is 1.55. The summed E-state index contributed by atoms with van der Waals surface area (Å²) in [5.74, 6) is -0.855. The Bertz CT molecular complexity index is 599. The van der Waals surface area contributed by atoms with Crippen LogP contribution in [-0.4, -0.2) is 45.9 Å². The number of carboxylic acids is 1. The molecule has 1 aromatic carbocycles. The second-order valence-corrected chi connectivity index (χ2v) is 6.14. The van der Waals surface area contributed by atoms with Crippen molar-refractivity contribution in [1.29, 1.82) is 0 Å². The molecule has 0 fully saturated rings. The summed E-state index contributed by atoms with van der Waals surface area (Å²) in [6.07, 6.45) is -0.983. The van der Waals surface area contributed by atoms with Gasteiger partial charge in [0.25, 0.3) is 0 Å². The lowest BCUT2D eigenvalue weighted by Gasteiger charge is -2.12. The molecule has 1 aromatic rings. The fraction of sp³-hybridized carbons (Fsp3) is 0.462. The van der Waals surface area contributed by atoms with Gasteiger partial charge in [-0.1, -0.05) is 6.07 Å². The maximum atomic E-state index is 12.2. The van der Waals surface area contributed by atoms with E-state index in [2.05, 4.69) is 4.72 Å². The van der Waals surface area contributed by atoms with E-state index in [9.17, 15) is 13.2 Å². The molecule has 7 nitrogen and oxygen atoms in total. The molecule has 0 amide bonds. The number of methoxy groups -OCH3 is 1. The smallest absolute Gasteiger partial charge is 0.332 e. The van der Waals surface area contributed by atoms with Crippen molar-refractivity contribution in [3.63, 3.8) is 0 Å². The molecular weight excluding hydrogens is 298 g/mol. The number of aliphatic carboxylic acids is 1. The van der Waals surface area contributed by atoms with Crippen molar-refractivity contribution >= 4 is 16.0 Å². The fourth-order valence-corrected chi connectivity index (χ4v) is 2.82. The van der Waals surface area contributed by atoms with Gasteiger partial charge < -0.3 is 14.6 Å². The van der Waals surface area contributed by atoms with E-state index in [-0.39, 0.29) is 23.8 Å². The summed E-state index contributed by atoms with van der Waals surface area (Å²) >= 11 is 0. The van der Waals surface area contributed by atoms with E-state index in [1.165, 1.54) is 20.1 Å². The SMILES string of the molecule is COc1ccc(C)cc1S(=O)(=O)NCCOC(C)C(=O)O. The molecule has 0 saturated carbocycles. The Hall–Kier alpha value is -1.64. The predicted molar refractivity (Wildman–Crippen MR) is 76.0 cm³/mol. The molecule has 2 N–H and O–H groups in total. The van der Waals surface area contributed by atoms with Crippen LogP contribution >= 0.6 is 0 Å². The van der Waals surface area contributed by atoms with Crippen molar-refractivity contribution in [2.75, 3.05) is 20.3 Å². The van der Waals surface area contributed by atoms with Crippen LogP contribution in [0.25, 0.3) is 0 Å². The molecule has 21 heavy (non-hydrogen) atoms. The van der Waals surface area contributed by atoms with Gasteiger partial charge in [0.15, 0.2) is 6.10 Å². The average molecular weight is 317 g/mol. The molecule has 0 heterocycles. The Balaban J connectivity index is 2.70. The second kappa shape index (κ2) is 7.39. The minimum Gasteiger partial charge on any atom is -0.495 e. The van der Waals surface area contributed by atoms with Crippen LogP contribution < -0.4 is 9.46 Å². The van der Waals surface area contributed by atoms with Crippen LogP contribution in [0.1, 0.15) is 12.5 Å².